The van der Waals surface area contributed by atoms with Crippen LogP contribution in [0.3, 0.4) is 0 Å². The Labute approximate surface area is 154 Å². The van der Waals surface area contributed by atoms with Crippen molar-refractivity contribution in [2.24, 2.45) is 0 Å². The fourth-order valence-corrected chi connectivity index (χ4v) is 2.96. The lowest BCUT2D eigenvalue weighted by Crippen LogP contribution is -2.09. The van der Waals surface area contributed by atoms with Crippen LogP contribution < -0.4 is 4.74 Å². The summed E-state index contributed by atoms with van der Waals surface area (Å²) >= 11 is 0. The van der Waals surface area contributed by atoms with Gasteiger partial charge in [0.1, 0.15) is 5.75 Å². The second-order valence-electron chi connectivity index (χ2n) is 6.11. The number of ether oxygens (including phenoxy) is 1. The molecular weight excluding hydrogens is 369 g/mol. The van der Waals surface area contributed by atoms with Gasteiger partial charge in [-0.15, -0.1) is 0 Å². The van der Waals surface area contributed by atoms with E-state index in [4.69, 9.17) is 0 Å². The molecule has 2 heterocycles. The molecule has 0 aromatic carbocycles. The van der Waals surface area contributed by atoms with E-state index in [9.17, 15) is 22.0 Å². The molecule has 0 spiro atoms. The van der Waals surface area contributed by atoms with Crippen molar-refractivity contribution in [1.29, 1.82) is 0 Å². The van der Waals surface area contributed by atoms with E-state index in [0.29, 0.717) is 24.2 Å². The van der Waals surface area contributed by atoms with Crippen molar-refractivity contribution in [2.45, 2.75) is 65.8 Å². The maximum Gasteiger partial charge on any atom is 0.389 e. The Hall–Kier alpha value is -2.19. The molecule has 0 unspecified atom stereocenters. The molecular formula is C18H22F5N3O. The minimum absolute atomic E-state index is 0.0195. The van der Waals surface area contributed by atoms with Gasteiger partial charge in [0.25, 0.3) is 0 Å². The highest BCUT2D eigenvalue weighted by Gasteiger charge is 2.26. The molecule has 150 valence electrons. The molecule has 0 fully saturated rings. The van der Waals surface area contributed by atoms with Crippen LogP contribution in [0, 0.1) is 6.92 Å². The van der Waals surface area contributed by atoms with Crippen LogP contribution in [0.1, 0.15) is 43.6 Å². The van der Waals surface area contributed by atoms with Crippen LogP contribution in [-0.4, -0.2) is 27.6 Å². The largest absolute Gasteiger partial charge is 0.434 e. The Balaban J connectivity index is 2.40. The number of pyridine rings is 1. The van der Waals surface area contributed by atoms with Crippen LogP contribution in [0.2, 0.25) is 0 Å². The van der Waals surface area contributed by atoms with Gasteiger partial charge in [0.2, 0.25) is 0 Å². The third kappa shape index (κ3) is 5.40. The van der Waals surface area contributed by atoms with Crippen LogP contribution in [0.5, 0.6) is 5.75 Å². The van der Waals surface area contributed by atoms with E-state index in [1.807, 2.05) is 20.8 Å². The Kier molecular flexibility index (Phi) is 6.78. The molecule has 27 heavy (non-hydrogen) atoms. The van der Waals surface area contributed by atoms with Crippen molar-refractivity contribution in [3.05, 3.63) is 29.2 Å². The van der Waals surface area contributed by atoms with Gasteiger partial charge >= 0.3 is 12.8 Å². The van der Waals surface area contributed by atoms with Crippen molar-refractivity contribution in [1.82, 2.24) is 14.8 Å². The highest BCUT2D eigenvalue weighted by Crippen LogP contribution is 2.35. The molecule has 0 aliphatic carbocycles. The van der Waals surface area contributed by atoms with E-state index in [0.717, 1.165) is 11.3 Å². The molecule has 0 bridgehead atoms. The first-order chi connectivity index (χ1) is 12.7. The highest BCUT2D eigenvalue weighted by molar-refractivity contribution is 5.70. The van der Waals surface area contributed by atoms with E-state index < -0.39 is 19.2 Å². The summed E-state index contributed by atoms with van der Waals surface area (Å²) in [5.41, 5.74) is 2.92. The molecule has 9 heteroatoms. The summed E-state index contributed by atoms with van der Waals surface area (Å²) in [7, 11) is 0. The van der Waals surface area contributed by atoms with Gasteiger partial charge in [-0.3, -0.25) is 9.67 Å². The van der Waals surface area contributed by atoms with E-state index in [-0.39, 0.29) is 24.3 Å². The standard InChI is InChI=1S/C18H22F5N3O/c1-4-14-11(3)16(26(5-2)25-14)13-10-24-12(7-6-8-18(21,22)23)9-15(13)27-17(19)20/h9-10,17H,4-8H2,1-3H3. The lowest BCUT2D eigenvalue weighted by molar-refractivity contribution is -0.135. The van der Waals surface area contributed by atoms with Gasteiger partial charge < -0.3 is 4.74 Å². The number of alkyl halides is 5. The van der Waals surface area contributed by atoms with Crippen molar-refractivity contribution in [3.8, 4) is 17.0 Å². The Morgan fingerprint density at radius 2 is 1.93 bits per heavy atom. The molecule has 4 nitrogen and oxygen atoms in total. The predicted octanol–water partition coefficient (Wildman–Crippen LogP) is 5.32. The zero-order valence-electron chi connectivity index (χ0n) is 15.4. The van der Waals surface area contributed by atoms with Gasteiger partial charge in [0.15, 0.2) is 0 Å². The number of nitrogens with zero attached hydrogens (tertiary/aromatic N) is 3. The number of aryl methyl sites for hydroxylation is 3. The van der Waals surface area contributed by atoms with Gasteiger partial charge in [0.05, 0.1) is 17.0 Å². The number of rotatable bonds is 8. The fraction of sp³-hybridized carbons (Fsp3) is 0.556. The lowest BCUT2D eigenvalue weighted by atomic mass is 10.0. The summed E-state index contributed by atoms with van der Waals surface area (Å²) in [5, 5.41) is 4.46. The lowest BCUT2D eigenvalue weighted by Gasteiger charge is -2.14. The van der Waals surface area contributed by atoms with Crippen LogP contribution in [0.25, 0.3) is 11.3 Å². The van der Waals surface area contributed by atoms with Crippen molar-refractivity contribution in [2.75, 3.05) is 0 Å². The van der Waals surface area contributed by atoms with Crippen LogP contribution in [-0.2, 0) is 19.4 Å². The second-order valence-corrected chi connectivity index (χ2v) is 6.11. The monoisotopic (exact) mass is 391 g/mol. The van der Waals surface area contributed by atoms with Gasteiger partial charge in [-0.05, 0) is 38.7 Å². The minimum atomic E-state index is -4.26. The summed E-state index contributed by atoms with van der Waals surface area (Å²) in [6.07, 6.45) is -3.32. The molecule has 2 rings (SSSR count). The molecule has 0 saturated heterocycles. The molecule has 0 saturated carbocycles. The third-order valence-corrected chi connectivity index (χ3v) is 4.21. The zero-order chi connectivity index (χ0) is 20.2. The minimum Gasteiger partial charge on any atom is -0.434 e. The van der Waals surface area contributed by atoms with Crippen molar-refractivity contribution in [3.63, 3.8) is 0 Å². The summed E-state index contributed by atoms with van der Waals surface area (Å²) in [6.45, 7) is 3.13. The molecule has 0 aliphatic rings. The van der Waals surface area contributed by atoms with E-state index in [1.54, 1.807) is 4.68 Å². The molecule has 0 radical (unpaired) electrons. The first kappa shape index (κ1) is 21.1. The smallest absolute Gasteiger partial charge is 0.389 e. The fourth-order valence-electron chi connectivity index (χ4n) is 2.96. The zero-order valence-corrected chi connectivity index (χ0v) is 15.4. The van der Waals surface area contributed by atoms with Crippen LogP contribution in [0.15, 0.2) is 12.3 Å². The number of hydrogen-bond donors (Lipinski definition) is 0. The van der Waals surface area contributed by atoms with Gasteiger partial charge in [-0.25, -0.2) is 0 Å². The summed E-state index contributed by atoms with van der Waals surface area (Å²) in [4.78, 5) is 4.16. The quantitative estimate of drug-likeness (QED) is 0.572. The first-order valence-corrected chi connectivity index (χ1v) is 8.73. The third-order valence-electron chi connectivity index (χ3n) is 4.21. The van der Waals surface area contributed by atoms with Crippen LogP contribution in [0.4, 0.5) is 22.0 Å². The molecule has 0 aliphatic heterocycles. The van der Waals surface area contributed by atoms with Crippen molar-refractivity contribution >= 4 is 0 Å². The SMILES string of the molecule is CCc1nn(CC)c(-c2cnc(CCCC(F)(F)F)cc2OC(F)F)c1C. The maximum absolute atomic E-state index is 12.9. The molecule has 0 atom stereocenters. The van der Waals surface area contributed by atoms with Crippen molar-refractivity contribution < 1.29 is 26.7 Å². The summed E-state index contributed by atoms with van der Waals surface area (Å²) < 4.78 is 69.0. The number of aromatic nitrogens is 3. The van der Waals surface area contributed by atoms with Gasteiger partial charge in [-0.2, -0.15) is 27.1 Å². The second kappa shape index (κ2) is 8.67. The van der Waals surface area contributed by atoms with Gasteiger partial charge in [0, 0.05) is 30.9 Å². The molecule has 0 N–H and O–H groups in total. The summed E-state index contributed by atoms with van der Waals surface area (Å²) in [5.74, 6) is -0.109. The molecule has 0 amide bonds. The average Bonchev–Trinajstić information content (AvgIpc) is 2.89. The average molecular weight is 391 g/mol. The van der Waals surface area contributed by atoms with E-state index in [1.165, 1.54) is 12.3 Å². The van der Waals surface area contributed by atoms with Gasteiger partial charge in [-0.1, -0.05) is 6.92 Å². The Morgan fingerprint density at radius 3 is 2.48 bits per heavy atom. The summed E-state index contributed by atoms with van der Waals surface area (Å²) in [6, 6.07) is 1.29. The topological polar surface area (TPSA) is 39.9 Å². The molecule has 2 aromatic heterocycles. The highest BCUT2D eigenvalue weighted by atomic mass is 19.4. The number of hydrogen-bond acceptors (Lipinski definition) is 3. The Bertz CT molecular complexity index is 771. The maximum atomic E-state index is 12.9. The number of halogens is 5. The van der Waals surface area contributed by atoms with Crippen LogP contribution >= 0.6 is 0 Å². The van der Waals surface area contributed by atoms with E-state index >= 15 is 0 Å². The molecule has 2 aromatic rings. The first-order valence-electron chi connectivity index (χ1n) is 8.73. The van der Waals surface area contributed by atoms with E-state index in [2.05, 4.69) is 14.8 Å². The Morgan fingerprint density at radius 1 is 1.22 bits per heavy atom. The predicted molar refractivity (Wildman–Crippen MR) is 90.9 cm³/mol. The normalized spacial score (nSPS) is 12.0.